The second-order valence-corrected chi connectivity index (χ2v) is 6.49. The van der Waals surface area contributed by atoms with Gasteiger partial charge in [-0.1, -0.05) is 42.5 Å². The molecule has 2 heterocycles. The molecule has 0 spiro atoms. The lowest BCUT2D eigenvalue weighted by molar-refractivity contribution is -0.118. The molecule has 1 unspecified atom stereocenters. The fraction of sp³-hybridized carbons (Fsp3) is 0.143. The summed E-state index contributed by atoms with van der Waals surface area (Å²) in [5.74, 6) is -0.0648. The van der Waals surface area contributed by atoms with E-state index in [2.05, 4.69) is 10.3 Å². The van der Waals surface area contributed by atoms with Crippen LogP contribution in [-0.4, -0.2) is 31.9 Å². The topological polar surface area (TPSA) is 87.4 Å². The summed E-state index contributed by atoms with van der Waals surface area (Å²) in [6.07, 6.45) is 2.68. The Balaban J connectivity index is 1.74. The van der Waals surface area contributed by atoms with Gasteiger partial charge in [0.15, 0.2) is 0 Å². The molecule has 0 saturated heterocycles. The summed E-state index contributed by atoms with van der Waals surface area (Å²) in [6.45, 7) is 0.515. The van der Waals surface area contributed by atoms with Gasteiger partial charge in [-0.2, -0.15) is 0 Å². The van der Waals surface area contributed by atoms with Crippen LogP contribution in [0.3, 0.4) is 0 Å². The van der Waals surface area contributed by atoms with E-state index in [0.717, 1.165) is 22.5 Å². The number of aromatic hydroxyl groups is 1. The maximum atomic E-state index is 12.1. The van der Waals surface area contributed by atoms with E-state index in [1.165, 1.54) is 6.08 Å². The number of nitrogens with zero attached hydrogens (tertiary/aromatic N) is 2. The van der Waals surface area contributed by atoms with E-state index in [1.54, 1.807) is 24.5 Å². The average molecular weight is 361 g/mol. The molecule has 27 heavy (non-hydrogen) atoms. The molecule has 4 rings (SSSR count). The molecule has 136 valence electrons. The highest BCUT2D eigenvalue weighted by Crippen LogP contribution is 2.26. The number of amides is 1. The Kier molecular flexibility index (Phi) is 4.48. The van der Waals surface area contributed by atoms with Crippen LogP contribution in [-0.2, 0) is 17.8 Å². The van der Waals surface area contributed by atoms with Crippen molar-refractivity contribution in [3.8, 4) is 17.0 Å². The molecule has 1 amide bonds. The summed E-state index contributed by atoms with van der Waals surface area (Å²) >= 11 is 0. The molecule has 1 atom stereocenters. The zero-order valence-electron chi connectivity index (χ0n) is 14.5. The predicted molar refractivity (Wildman–Crippen MR) is 101 cm³/mol. The molecule has 1 aliphatic heterocycles. The van der Waals surface area contributed by atoms with Crippen LogP contribution >= 0.6 is 0 Å². The van der Waals surface area contributed by atoms with Crippen molar-refractivity contribution in [1.29, 1.82) is 0 Å². The van der Waals surface area contributed by atoms with Crippen molar-refractivity contribution < 1.29 is 15.0 Å². The number of carbonyl (C=O) groups excluding carboxylic acids is 1. The van der Waals surface area contributed by atoms with Crippen molar-refractivity contribution in [2.75, 3.05) is 0 Å². The number of phenols is 1. The van der Waals surface area contributed by atoms with Gasteiger partial charge in [0.05, 0.1) is 17.7 Å². The van der Waals surface area contributed by atoms with Gasteiger partial charge in [-0.3, -0.25) is 4.79 Å². The second kappa shape index (κ2) is 7.09. The van der Waals surface area contributed by atoms with Gasteiger partial charge in [-0.25, -0.2) is 4.98 Å². The number of carbonyl (C=O) groups is 1. The minimum absolute atomic E-state index is 0.207. The SMILES string of the molecule is O=C1NC(O)C=C1Cc1c(-c2ccccc2)ncn1Cc1cccc(O)c1. The van der Waals surface area contributed by atoms with Gasteiger partial charge in [-0.15, -0.1) is 0 Å². The van der Waals surface area contributed by atoms with E-state index in [0.29, 0.717) is 18.5 Å². The van der Waals surface area contributed by atoms with Crippen LogP contribution in [0.1, 0.15) is 11.3 Å². The third-order valence-electron chi connectivity index (χ3n) is 4.54. The first kappa shape index (κ1) is 17.1. The van der Waals surface area contributed by atoms with Gasteiger partial charge in [0.1, 0.15) is 12.0 Å². The number of phenolic OH excluding ortho intramolecular Hbond substituents is 1. The number of imidazole rings is 1. The van der Waals surface area contributed by atoms with Gasteiger partial charge in [-0.05, 0) is 23.8 Å². The van der Waals surface area contributed by atoms with Crippen LogP contribution in [0.2, 0.25) is 0 Å². The molecule has 3 aromatic rings. The van der Waals surface area contributed by atoms with Crippen molar-refractivity contribution >= 4 is 5.91 Å². The highest BCUT2D eigenvalue weighted by Gasteiger charge is 2.24. The Hall–Kier alpha value is -3.38. The van der Waals surface area contributed by atoms with E-state index in [-0.39, 0.29) is 11.7 Å². The first-order valence-electron chi connectivity index (χ1n) is 8.67. The van der Waals surface area contributed by atoms with Crippen LogP contribution in [0.5, 0.6) is 5.75 Å². The maximum Gasteiger partial charge on any atom is 0.249 e. The Morgan fingerprint density at radius 1 is 1.11 bits per heavy atom. The van der Waals surface area contributed by atoms with E-state index in [4.69, 9.17) is 0 Å². The molecule has 6 nitrogen and oxygen atoms in total. The van der Waals surface area contributed by atoms with E-state index < -0.39 is 6.23 Å². The number of hydrogen-bond acceptors (Lipinski definition) is 4. The molecule has 6 heteroatoms. The van der Waals surface area contributed by atoms with Gasteiger partial charge < -0.3 is 20.1 Å². The number of aliphatic hydroxyl groups is 1. The lowest BCUT2D eigenvalue weighted by Gasteiger charge is -2.11. The fourth-order valence-corrected chi connectivity index (χ4v) is 3.27. The highest BCUT2D eigenvalue weighted by atomic mass is 16.3. The summed E-state index contributed by atoms with van der Waals surface area (Å²) in [6, 6.07) is 16.8. The zero-order valence-corrected chi connectivity index (χ0v) is 14.5. The summed E-state index contributed by atoms with van der Waals surface area (Å²) in [4.78, 5) is 16.6. The molecule has 2 aromatic carbocycles. The highest BCUT2D eigenvalue weighted by molar-refractivity contribution is 5.96. The summed E-state index contributed by atoms with van der Waals surface area (Å²) < 4.78 is 1.97. The third kappa shape index (κ3) is 3.61. The van der Waals surface area contributed by atoms with Crippen molar-refractivity contribution in [2.24, 2.45) is 0 Å². The molecular formula is C21H19N3O3. The molecule has 0 saturated carbocycles. The first-order valence-corrected chi connectivity index (χ1v) is 8.67. The van der Waals surface area contributed by atoms with Crippen molar-refractivity contribution in [2.45, 2.75) is 19.2 Å². The summed E-state index contributed by atoms with van der Waals surface area (Å²) in [5.41, 5.74) is 4.07. The molecule has 0 aliphatic carbocycles. The van der Waals surface area contributed by atoms with Gasteiger partial charge in [0.25, 0.3) is 0 Å². The normalized spacial score (nSPS) is 16.3. The summed E-state index contributed by atoms with van der Waals surface area (Å²) in [5, 5.41) is 21.9. The average Bonchev–Trinajstić information content (AvgIpc) is 3.19. The van der Waals surface area contributed by atoms with Crippen LogP contribution < -0.4 is 5.32 Å². The largest absolute Gasteiger partial charge is 0.508 e. The smallest absolute Gasteiger partial charge is 0.249 e. The molecular weight excluding hydrogens is 342 g/mol. The molecule has 0 fully saturated rings. The Morgan fingerprint density at radius 3 is 2.63 bits per heavy atom. The minimum Gasteiger partial charge on any atom is -0.508 e. The number of nitrogens with one attached hydrogen (secondary N) is 1. The standard InChI is InChI=1S/C21H19N3O3/c25-17-8-4-5-14(9-17)12-24-13-22-20(15-6-2-1-3-7-15)18(24)10-16-11-19(26)23-21(16)27/h1-9,11,13,19,25-26H,10,12H2,(H,23,27). The third-order valence-corrected chi connectivity index (χ3v) is 4.54. The van der Waals surface area contributed by atoms with Crippen LogP contribution in [0, 0.1) is 0 Å². The minimum atomic E-state index is -0.949. The fourth-order valence-electron chi connectivity index (χ4n) is 3.27. The number of hydrogen-bond donors (Lipinski definition) is 3. The molecule has 0 radical (unpaired) electrons. The van der Waals surface area contributed by atoms with Crippen LogP contribution in [0.25, 0.3) is 11.3 Å². The quantitative estimate of drug-likeness (QED) is 0.650. The Bertz CT molecular complexity index is 1010. The van der Waals surface area contributed by atoms with Crippen molar-refractivity contribution in [3.63, 3.8) is 0 Å². The van der Waals surface area contributed by atoms with E-state index in [1.807, 2.05) is 41.0 Å². The predicted octanol–water partition coefficient (Wildman–Crippen LogP) is 2.22. The Labute approximate surface area is 156 Å². The number of aromatic nitrogens is 2. The number of aliphatic hydroxyl groups excluding tert-OH is 1. The lowest BCUT2D eigenvalue weighted by atomic mass is 10.0. The van der Waals surface area contributed by atoms with Crippen LogP contribution in [0.15, 0.2) is 72.6 Å². The van der Waals surface area contributed by atoms with Crippen molar-refractivity contribution in [3.05, 3.63) is 83.8 Å². The lowest BCUT2D eigenvalue weighted by Crippen LogP contribution is -2.26. The maximum absolute atomic E-state index is 12.1. The van der Waals surface area contributed by atoms with Crippen molar-refractivity contribution in [1.82, 2.24) is 14.9 Å². The first-order chi connectivity index (χ1) is 13.1. The van der Waals surface area contributed by atoms with Crippen LogP contribution in [0.4, 0.5) is 0 Å². The molecule has 1 aliphatic rings. The van der Waals surface area contributed by atoms with E-state index in [9.17, 15) is 15.0 Å². The zero-order chi connectivity index (χ0) is 18.8. The molecule has 1 aromatic heterocycles. The molecule has 0 bridgehead atoms. The van der Waals surface area contributed by atoms with E-state index >= 15 is 0 Å². The monoisotopic (exact) mass is 361 g/mol. The van der Waals surface area contributed by atoms with Gasteiger partial charge >= 0.3 is 0 Å². The number of rotatable bonds is 5. The second-order valence-electron chi connectivity index (χ2n) is 6.49. The number of benzene rings is 2. The van der Waals surface area contributed by atoms with Gasteiger partial charge in [0, 0.05) is 24.1 Å². The molecule has 3 N–H and O–H groups in total. The summed E-state index contributed by atoms with van der Waals surface area (Å²) in [7, 11) is 0. The van der Waals surface area contributed by atoms with Gasteiger partial charge in [0.2, 0.25) is 5.91 Å². The Morgan fingerprint density at radius 2 is 1.93 bits per heavy atom.